The summed E-state index contributed by atoms with van der Waals surface area (Å²) in [6, 6.07) is 7.72. The number of aromatic nitrogens is 3. The number of aliphatic hydroxyl groups is 3. The molecule has 1 fully saturated rings. The van der Waals surface area contributed by atoms with Crippen LogP contribution in [0.15, 0.2) is 52.0 Å². The second-order valence-corrected chi connectivity index (χ2v) is 9.19. The zero-order chi connectivity index (χ0) is 23.0. The van der Waals surface area contributed by atoms with Gasteiger partial charge in [0.1, 0.15) is 35.5 Å². The molecule has 1 aliphatic heterocycles. The van der Waals surface area contributed by atoms with Crippen LogP contribution in [0.4, 0.5) is 13.2 Å². The highest BCUT2D eigenvalue weighted by atomic mass is 79.9. The number of hydrogen-bond donors (Lipinski definition) is 3. The Morgan fingerprint density at radius 2 is 1.72 bits per heavy atom. The Morgan fingerprint density at radius 1 is 1.06 bits per heavy atom. The van der Waals surface area contributed by atoms with Gasteiger partial charge in [-0.05, 0) is 36.4 Å². The van der Waals surface area contributed by atoms with Gasteiger partial charge in [0.05, 0.1) is 12.8 Å². The molecule has 2 unspecified atom stereocenters. The van der Waals surface area contributed by atoms with Crippen LogP contribution >= 0.6 is 27.7 Å². The van der Waals surface area contributed by atoms with E-state index in [1.54, 1.807) is 0 Å². The van der Waals surface area contributed by atoms with E-state index in [1.807, 2.05) is 24.3 Å². The third-order valence-electron chi connectivity index (χ3n) is 5.01. The van der Waals surface area contributed by atoms with Gasteiger partial charge in [0.25, 0.3) is 0 Å². The van der Waals surface area contributed by atoms with Crippen LogP contribution in [-0.4, -0.2) is 60.7 Å². The number of hydrogen-bond acceptors (Lipinski definition) is 7. The molecule has 12 heteroatoms. The summed E-state index contributed by atoms with van der Waals surface area (Å²) in [7, 11) is 0. The Morgan fingerprint density at radius 3 is 2.34 bits per heavy atom. The molecule has 1 aromatic heterocycles. The van der Waals surface area contributed by atoms with Crippen molar-refractivity contribution in [2.24, 2.45) is 0 Å². The van der Waals surface area contributed by atoms with Gasteiger partial charge >= 0.3 is 0 Å². The van der Waals surface area contributed by atoms with Crippen LogP contribution in [0.25, 0.3) is 11.3 Å². The van der Waals surface area contributed by atoms with E-state index in [9.17, 15) is 28.5 Å². The molecular weight excluding hydrogens is 515 g/mol. The summed E-state index contributed by atoms with van der Waals surface area (Å²) in [5.41, 5.74) is -0.926. The Hall–Kier alpha value is -1.96. The summed E-state index contributed by atoms with van der Waals surface area (Å²) in [4.78, 5) is 0.778. The molecule has 0 spiro atoms. The molecule has 170 valence electrons. The normalized spacial score (nSPS) is 25.8. The van der Waals surface area contributed by atoms with Gasteiger partial charge in [-0.1, -0.05) is 32.9 Å². The first-order valence-corrected chi connectivity index (χ1v) is 11.1. The molecule has 5 atom stereocenters. The predicted molar refractivity (Wildman–Crippen MR) is 112 cm³/mol. The number of nitrogens with zero attached hydrogens (tertiary/aromatic N) is 3. The van der Waals surface area contributed by atoms with Gasteiger partial charge in [0.15, 0.2) is 17.5 Å². The largest absolute Gasteiger partial charge is 0.394 e. The fourth-order valence-corrected chi connectivity index (χ4v) is 4.71. The summed E-state index contributed by atoms with van der Waals surface area (Å²) in [6.45, 7) is -0.516. The van der Waals surface area contributed by atoms with Gasteiger partial charge in [-0.2, -0.15) is 0 Å². The smallest absolute Gasteiger partial charge is 0.194 e. The molecule has 2 heterocycles. The number of halogens is 4. The maximum Gasteiger partial charge on any atom is 0.194 e. The standard InChI is InChI=1S/C20H17BrF3N3O4S/c21-10-1-3-11(4-2-10)32-20-19(30)17(18(29)15(8-28)31-20)27-7-14(25-26-27)9-5-12(22)16(24)13(23)6-9/h1-7,15,17-20,28-30H,8H2/t15?,17-,18-,19?,20+/m0/s1. The highest BCUT2D eigenvalue weighted by Gasteiger charge is 2.46. The van der Waals surface area contributed by atoms with Gasteiger partial charge < -0.3 is 20.1 Å². The lowest BCUT2D eigenvalue weighted by atomic mass is 9.97. The maximum atomic E-state index is 13.6. The molecule has 0 radical (unpaired) electrons. The van der Waals surface area contributed by atoms with E-state index in [-0.39, 0.29) is 11.3 Å². The predicted octanol–water partition coefficient (Wildman–Crippen LogP) is 2.90. The third-order valence-corrected chi connectivity index (χ3v) is 6.70. The van der Waals surface area contributed by atoms with E-state index >= 15 is 0 Å². The van der Waals surface area contributed by atoms with Gasteiger partial charge in [0, 0.05) is 14.9 Å². The molecule has 0 saturated carbocycles. The van der Waals surface area contributed by atoms with Crippen molar-refractivity contribution >= 4 is 27.7 Å². The first-order valence-electron chi connectivity index (χ1n) is 9.40. The zero-order valence-corrected chi connectivity index (χ0v) is 18.5. The molecular formula is C20H17BrF3N3O4S. The summed E-state index contributed by atoms with van der Waals surface area (Å²) >= 11 is 4.54. The topological polar surface area (TPSA) is 101 Å². The Kier molecular flexibility index (Phi) is 6.89. The first-order chi connectivity index (χ1) is 15.3. The van der Waals surface area contributed by atoms with Crippen LogP contribution < -0.4 is 0 Å². The van der Waals surface area contributed by atoms with Crippen molar-refractivity contribution in [3.63, 3.8) is 0 Å². The molecule has 3 N–H and O–H groups in total. The van der Waals surface area contributed by atoms with E-state index < -0.39 is 53.8 Å². The lowest BCUT2D eigenvalue weighted by molar-refractivity contribution is -0.178. The lowest BCUT2D eigenvalue weighted by Crippen LogP contribution is -2.55. The minimum atomic E-state index is -1.60. The molecule has 1 aliphatic rings. The first kappa shape index (κ1) is 23.2. The van der Waals surface area contributed by atoms with Crippen molar-refractivity contribution in [1.29, 1.82) is 0 Å². The van der Waals surface area contributed by atoms with Gasteiger partial charge in [-0.15, -0.1) is 5.10 Å². The van der Waals surface area contributed by atoms with Crippen LogP contribution in [0.1, 0.15) is 6.04 Å². The number of rotatable bonds is 5. The fraction of sp³-hybridized carbons (Fsp3) is 0.300. The van der Waals surface area contributed by atoms with Crippen molar-refractivity contribution in [2.75, 3.05) is 6.61 Å². The highest BCUT2D eigenvalue weighted by Crippen LogP contribution is 2.38. The van der Waals surface area contributed by atoms with Crippen LogP contribution in [-0.2, 0) is 4.74 Å². The van der Waals surface area contributed by atoms with E-state index in [0.717, 1.165) is 26.2 Å². The molecule has 32 heavy (non-hydrogen) atoms. The van der Waals surface area contributed by atoms with Crippen molar-refractivity contribution in [3.05, 3.63) is 64.5 Å². The Bertz CT molecular complexity index is 1080. The summed E-state index contributed by atoms with van der Waals surface area (Å²) < 4.78 is 48.1. The van der Waals surface area contributed by atoms with Gasteiger partial charge in [-0.25, -0.2) is 17.9 Å². The molecule has 1 saturated heterocycles. The average molecular weight is 532 g/mol. The molecule has 3 aromatic rings. The Balaban J connectivity index is 1.63. The van der Waals surface area contributed by atoms with E-state index in [2.05, 4.69) is 26.2 Å². The van der Waals surface area contributed by atoms with Crippen LogP contribution in [0.3, 0.4) is 0 Å². The SMILES string of the molecule is OCC1O[C@H](Sc2ccc(Br)cc2)C(O)[C@@H](n2cc(-c3cc(F)c(F)c(F)c3)nn2)[C@H]1O. The average Bonchev–Trinajstić information content (AvgIpc) is 3.25. The van der Waals surface area contributed by atoms with Crippen molar-refractivity contribution < 1.29 is 33.2 Å². The molecule has 4 rings (SSSR count). The minimum absolute atomic E-state index is 0.00588. The number of benzene rings is 2. The number of aliphatic hydroxyl groups excluding tert-OH is 3. The van der Waals surface area contributed by atoms with E-state index in [4.69, 9.17) is 4.74 Å². The quantitative estimate of drug-likeness (QED) is 0.435. The fourth-order valence-electron chi connectivity index (χ4n) is 3.38. The number of thioether (sulfide) groups is 1. The molecule has 0 aliphatic carbocycles. The number of ether oxygens (including phenoxy) is 1. The lowest BCUT2D eigenvalue weighted by Gasteiger charge is -2.41. The Labute approximate surface area is 193 Å². The minimum Gasteiger partial charge on any atom is -0.394 e. The maximum absolute atomic E-state index is 13.6. The molecule has 0 amide bonds. The third kappa shape index (κ3) is 4.56. The van der Waals surface area contributed by atoms with Gasteiger partial charge in [0.2, 0.25) is 0 Å². The highest BCUT2D eigenvalue weighted by molar-refractivity contribution is 9.10. The summed E-state index contributed by atoms with van der Waals surface area (Å²) in [6.07, 6.45) is -2.39. The molecule has 7 nitrogen and oxygen atoms in total. The summed E-state index contributed by atoms with van der Waals surface area (Å²) in [5.74, 6) is -4.37. The van der Waals surface area contributed by atoms with Crippen molar-refractivity contribution in [3.8, 4) is 11.3 Å². The summed E-state index contributed by atoms with van der Waals surface area (Å²) in [5, 5.41) is 39.0. The van der Waals surface area contributed by atoms with Crippen LogP contribution in [0, 0.1) is 17.5 Å². The van der Waals surface area contributed by atoms with Crippen molar-refractivity contribution in [1.82, 2.24) is 15.0 Å². The monoisotopic (exact) mass is 531 g/mol. The zero-order valence-electron chi connectivity index (χ0n) is 16.1. The van der Waals surface area contributed by atoms with Gasteiger partial charge in [-0.3, -0.25) is 0 Å². The van der Waals surface area contributed by atoms with E-state index in [1.165, 1.54) is 18.0 Å². The molecule has 0 bridgehead atoms. The second-order valence-electron chi connectivity index (χ2n) is 7.11. The van der Waals surface area contributed by atoms with Crippen molar-refractivity contribution in [2.45, 2.75) is 34.7 Å². The van der Waals surface area contributed by atoms with Crippen LogP contribution in [0.2, 0.25) is 0 Å². The molecule has 2 aromatic carbocycles. The van der Waals surface area contributed by atoms with Crippen LogP contribution in [0.5, 0.6) is 0 Å². The second kappa shape index (κ2) is 9.49. The van der Waals surface area contributed by atoms with E-state index in [0.29, 0.717) is 0 Å².